The van der Waals surface area contributed by atoms with E-state index in [0.717, 1.165) is 18.4 Å². The van der Waals surface area contributed by atoms with Gasteiger partial charge in [-0.1, -0.05) is 123 Å². The van der Waals surface area contributed by atoms with Crippen LogP contribution in [0.1, 0.15) is 63.4 Å². The third-order valence-electron chi connectivity index (χ3n) is 4.42. The summed E-state index contributed by atoms with van der Waals surface area (Å²) in [4.78, 5) is 0. The predicted octanol–water partition coefficient (Wildman–Crippen LogP) is 8.04. The fraction of sp³-hybridized carbons (Fsp3) is 0.500. The maximum Gasteiger partial charge on any atom is 0.197 e. The van der Waals surface area contributed by atoms with E-state index < -0.39 is 3.79 Å². The summed E-state index contributed by atoms with van der Waals surface area (Å²) in [5, 5.41) is 2.42. The van der Waals surface area contributed by atoms with Gasteiger partial charge in [0.15, 0.2) is 3.79 Å². The van der Waals surface area contributed by atoms with E-state index in [-0.39, 0.29) is 5.92 Å². The Balaban J connectivity index is 2.05. The van der Waals surface area contributed by atoms with E-state index in [4.69, 9.17) is 34.8 Å². The van der Waals surface area contributed by atoms with Crippen LogP contribution in [0.2, 0.25) is 0 Å². The van der Waals surface area contributed by atoms with E-state index in [0.29, 0.717) is 0 Å². The molecule has 0 bridgehead atoms. The summed E-state index contributed by atoms with van der Waals surface area (Å²) in [5.74, 6) is -0.0525. The number of fused-ring (bicyclic) bond motifs is 1. The summed E-state index contributed by atoms with van der Waals surface area (Å²) in [6.45, 7) is 2.23. The second-order valence-corrected chi connectivity index (χ2v) is 8.63. The molecule has 0 saturated heterocycles. The van der Waals surface area contributed by atoms with Gasteiger partial charge in [0.05, 0.1) is 0 Å². The van der Waals surface area contributed by atoms with Crippen LogP contribution in [0.25, 0.3) is 10.8 Å². The van der Waals surface area contributed by atoms with Gasteiger partial charge in [-0.15, -0.1) is 0 Å². The fourth-order valence-corrected chi connectivity index (χ4v) is 3.78. The second kappa shape index (κ2) is 9.16. The molecule has 0 heterocycles. The molecule has 0 aliphatic heterocycles. The first-order valence-corrected chi connectivity index (χ1v) is 9.71. The van der Waals surface area contributed by atoms with Crippen molar-refractivity contribution in [2.24, 2.45) is 0 Å². The lowest BCUT2D eigenvalue weighted by Gasteiger charge is -2.25. The minimum Gasteiger partial charge on any atom is -0.0830 e. The molecule has 0 saturated carbocycles. The normalized spacial score (nSPS) is 13.4. The Morgan fingerprint density at radius 1 is 0.826 bits per heavy atom. The Bertz CT molecular complexity index is 601. The molecular formula is C20H25Cl3. The van der Waals surface area contributed by atoms with Crippen LogP contribution in [0.4, 0.5) is 0 Å². The van der Waals surface area contributed by atoms with Crippen molar-refractivity contribution in [2.45, 2.75) is 61.6 Å². The van der Waals surface area contributed by atoms with Gasteiger partial charge in [0.2, 0.25) is 0 Å². The molecular weight excluding hydrogens is 347 g/mol. The van der Waals surface area contributed by atoms with Crippen LogP contribution in [0.3, 0.4) is 0 Å². The van der Waals surface area contributed by atoms with Crippen LogP contribution in [0.5, 0.6) is 0 Å². The summed E-state index contributed by atoms with van der Waals surface area (Å²) < 4.78 is -1.26. The first kappa shape index (κ1) is 18.9. The van der Waals surface area contributed by atoms with Gasteiger partial charge in [-0.2, -0.15) is 0 Å². The van der Waals surface area contributed by atoms with Crippen LogP contribution in [0, 0.1) is 0 Å². The highest BCUT2D eigenvalue weighted by molar-refractivity contribution is 6.68. The zero-order valence-electron chi connectivity index (χ0n) is 13.7. The lowest BCUT2D eigenvalue weighted by atomic mass is 9.92. The molecule has 3 heteroatoms. The average Bonchev–Trinajstić information content (AvgIpc) is 2.52. The number of halogens is 3. The third kappa shape index (κ3) is 5.85. The van der Waals surface area contributed by atoms with Gasteiger partial charge < -0.3 is 0 Å². The monoisotopic (exact) mass is 370 g/mol. The Labute approximate surface area is 155 Å². The smallest absolute Gasteiger partial charge is 0.0830 e. The van der Waals surface area contributed by atoms with Gasteiger partial charge >= 0.3 is 0 Å². The third-order valence-corrected chi connectivity index (χ3v) is 5.21. The standard InChI is InChI=1S/C20H25Cl3/c1-2-3-4-5-6-7-12-19(20(21,22)23)18-14-13-16-10-8-9-11-17(16)15-18/h8-11,13-15,19H,2-7,12H2,1H3. The highest BCUT2D eigenvalue weighted by Gasteiger charge is 2.33. The van der Waals surface area contributed by atoms with Crippen LogP contribution in [-0.2, 0) is 0 Å². The first-order chi connectivity index (χ1) is 11.0. The average molecular weight is 372 g/mol. The van der Waals surface area contributed by atoms with Crippen molar-refractivity contribution in [3.63, 3.8) is 0 Å². The number of unbranched alkanes of at least 4 members (excludes halogenated alkanes) is 5. The predicted molar refractivity (Wildman–Crippen MR) is 105 cm³/mol. The van der Waals surface area contributed by atoms with Crippen molar-refractivity contribution in [1.29, 1.82) is 0 Å². The van der Waals surface area contributed by atoms with Crippen LogP contribution in [-0.4, -0.2) is 3.79 Å². The second-order valence-electron chi connectivity index (χ2n) is 6.26. The number of benzene rings is 2. The van der Waals surface area contributed by atoms with Crippen molar-refractivity contribution < 1.29 is 0 Å². The Hall–Kier alpha value is -0.430. The van der Waals surface area contributed by atoms with E-state index in [1.54, 1.807) is 0 Å². The van der Waals surface area contributed by atoms with Crippen molar-refractivity contribution in [3.05, 3.63) is 48.0 Å². The van der Waals surface area contributed by atoms with Gasteiger partial charge in [-0.3, -0.25) is 0 Å². The molecule has 23 heavy (non-hydrogen) atoms. The Morgan fingerprint density at radius 3 is 2.17 bits per heavy atom. The van der Waals surface area contributed by atoms with E-state index in [1.165, 1.54) is 42.9 Å². The SMILES string of the molecule is CCCCCCCCC(c1ccc2ccccc2c1)C(Cl)(Cl)Cl. The molecule has 2 rings (SSSR count). The van der Waals surface area contributed by atoms with Gasteiger partial charge in [0.25, 0.3) is 0 Å². The molecule has 2 aromatic rings. The summed E-state index contributed by atoms with van der Waals surface area (Å²) >= 11 is 18.8. The Kier molecular flexibility index (Phi) is 7.53. The quantitative estimate of drug-likeness (QED) is 0.325. The molecule has 0 aliphatic rings. The van der Waals surface area contributed by atoms with Crippen molar-refractivity contribution >= 4 is 45.6 Å². The van der Waals surface area contributed by atoms with E-state index in [9.17, 15) is 0 Å². The largest absolute Gasteiger partial charge is 0.197 e. The molecule has 0 aliphatic carbocycles. The lowest BCUT2D eigenvalue weighted by molar-refractivity contribution is 0.542. The lowest BCUT2D eigenvalue weighted by Crippen LogP contribution is -2.17. The molecule has 1 unspecified atom stereocenters. The van der Waals surface area contributed by atoms with Crippen molar-refractivity contribution in [3.8, 4) is 0 Å². The van der Waals surface area contributed by atoms with Gasteiger partial charge in [-0.05, 0) is 22.8 Å². The van der Waals surface area contributed by atoms with E-state index >= 15 is 0 Å². The number of alkyl halides is 3. The van der Waals surface area contributed by atoms with Gasteiger partial charge in [0.1, 0.15) is 0 Å². The summed E-state index contributed by atoms with van der Waals surface area (Å²) in [5.41, 5.74) is 1.12. The Morgan fingerprint density at radius 2 is 1.48 bits per heavy atom. The number of rotatable bonds is 8. The number of hydrogen-bond acceptors (Lipinski definition) is 0. The molecule has 1 atom stereocenters. The highest BCUT2D eigenvalue weighted by Crippen LogP contribution is 2.45. The number of hydrogen-bond donors (Lipinski definition) is 0. The van der Waals surface area contributed by atoms with Crippen LogP contribution >= 0.6 is 34.8 Å². The van der Waals surface area contributed by atoms with Crippen molar-refractivity contribution in [1.82, 2.24) is 0 Å². The van der Waals surface area contributed by atoms with Gasteiger partial charge in [0, 0.05) is 5.92 Å². The molecule has 0 aromatic heterocycles. The van der Waals surface area contributed by atoms with E-state index in [2.05, 4.69) is 37.3 Å². The zero-order chi connectivity index (χ0) is 16.7. The maximum absolute atomic E-state index is 6.28. The summed E-state index contributed by atoms with van der Waals surface area (Å²) in [6.07, 6.45) is 8.41. The maximum atomic E-state index is 6.28. The minimum atomic E-state index is -1.26. The fourth-order valence-electron chi connectivity index (χ4n) is 3.07. The minimum absolute atomic E-state index is 0.0525. The zero-order valence-corrected chi connectivity index (χ0v) is 16.0. The van der Waals surface area contributed by atoms with E-state index in [1.807, 2.05) is 12.1 Å². The molecule has 2 aromatic carbocycles. The highest BCUT2D eigenvalue weighted by atomic mass is 35.6. The molecule has 0 nitrogen and oxygen atoms in total. The van der Waals surface area contributed by atoms with Crippen molar-refractivity contribution in [2.75, 3.05) is 0 Å². The molecule has 126 valence electrons. The molecule has 0 radical (unpaired) electrons. The first-order valence-electron chi connectivity index (χ1n) is 8.58. The van der Waals surface area contributed by atoms with Crippen LogP contribution < -0.4 is 0 Å². The summed E-state index contributed by atoms with van der Waals surface area (Å²) in [7, 11) is 0. The van der Waals surface area contributed by atoms with Gasteiger partial charge in [-0.25, -0.2) is 0 Å². The molecule has 0 spiro atoms. The van der Waals surface area contributed by atoms with Crippen LogP contribution in [0.15, 0.2) is 42.5 Å². The molecule has 0 amide bonds. The molecule has 0 N–H and O–H groups in total. The molecule has 0 fully saturated rings. The summed E-state index contributed by atoms with van der Waals surface area (Å²) in [6, 6.07) is 14.7. The topological polar surface area (TPSA) is 0 Å².